The van der Waals surface area contributed by atoms with Gasteiger partial charge in [-0.15, -0.1) is 0 Å². The third-order valence-electron chi connectivity index (χ3n) is 4.07. The van der Waals surface area contributed by atoms with Gasteiger partial charge in [0.1, 0.15) is 15.4 Å². The molecule has 2 rings (SSSR count). The van der Waals surface area contributed by atoms with Crippen molar-refractivity contribution in [3.63, 3.8) is 0 Å². The van der Waals surface area contributed by atoms with E-state index < -0.39 is 30.7 Å². The minimum atomic E-state index is -4.32. The Labute approximate surface area is 137 Å². The van der Waals surface area contributed by atoms with Crippen molar-refractivity contribution in [2.45, 2.75) is 41.7 Å². The summed E-state index contributed by atoms with van der Waals surface area (Å²) < 4.78 is 52.8. The molecule has 1 atom stereocenters. The lowest BCUT2D eigenvalue weighted by molar-refractivity contribution is -0.00761. The van der Waals surface area contributed by atoms with Gasteiger partial charge in [-0.25, -0.2) is 8.42 Å². The zero-order chi connectivity index (χ0) is 17.1. The van der Waals surface area contributed by atoms with Crippen LogP contribution in [0.4, 0.5) is 0 Å². The molecule has 126 valence electrons. The Morgan fingerprint density at radius 2 is 1.91 bits per heavy atom. The molecule has 1 unspecified atom stereocenters. The van der Waals surface area contributed by atoms with Gasteiger partial charge in [0.25, 0.3) is 9.84 Å². The Kier molecular flexibility index (Phi) is 5.36. The van der Waals surface area contributed by atoms with Crippen LogP contribution in [-0.4, -0.2) is 38.9 Å². The van der Waals surface area contributed by atoms with Crippen molar-refractivity contribution < 1.29 is 26.7 Å². The van der Waals surface area contributed by atoms with E-state index in [4.69, 9.17) is 4.74 Å². The molecule has 0 bridgehead atoms. The van der Waals surface area contributed by atoms with Crippen LogP contribution in [0.1, 0.15) is 32.1 Å². The summed E-state index contributed by atoms with van der Waals surface area (Å²) in [5, 5.41) is -0.734. The number of methoxy groups -OCH3 is 1. The lowest BCUT2D eigenvalue weighted by atomic mass is 9.89. The molecular weight excluding hydrogens is 340 g/mol. The number of nitrogens with zero attached hydrogens (tertiary/aromatic N) is 2. The van der Waals surface area contributed by atoms with E-state index in [0.29, 0.717) is 12.8 Å². The minimum Gasteiger partial charge on any atom is -0.771 e. The molecule has 9 heteroatoms. The second-order valence-electron chi connectivity index (χ2n) is 5.35. The van der Waals surface area contributed by atoms with Gasteiger partial charge in [0.15, 0.2) is 0 Å². The predicted molar refractivity (Wildman–Crippen MR) is 83.5 cm³/mol. The van der Waals surface area contributed by atoms with E-state index in [9.17, 15) is 22.7 Å². The molecule has 0 radical (unpaired) electrons. The van der Waals surface area contributed by atoms with Gasteiger partial charge in [-0.3, -0.25) is 4.21 Å². The fourth-order valence-electron chi connectivity index (χ4n) is 2.91. The molecular formula is C14H17N2O5S2-. The lowest BCUT2D eigenvalue weighted by Crippen LogP contribution is -2.48. The summed E-state index contributed by atoms with van der Waals surface area (Å²) in [4.78, 5) is 2.69. The Morgan fingerprint density at radius 3 is 2.43 bits per heavy atom. The summed E-state index contributed by atoms with van der Waals surface area (Å²) in [5.41, 5.74) is 9.35. The summed E-state index contributed by atoms with van der Waals surface area (Å²) in [5.74, 6) is 0.0660. The highest BCUT2D eigenvalue weighted by molar-refractivity contribution is 8.08. The molecule has 0 saturated heterocycles. The average Bonchev–Trinajstić information content (AvgIpc) is 2.55. The predicted octanol–water partition coefficient (Wildman–Crippen LogP) is 1.68. The number of sulfone groups is 1. The molecule has 1 saturated carbocycles. The summed E-state index contributed by atoms with van der Waals surface area (Å²) in [6.07, 6.45) is 2.13. The van der Waals surface area contributed by atoms with E-state index in [1.165, 1.54) is 25.3 Å². The first kappa shape index (κ1) is 17.8. The van der Waals surface area contributed by atoms with Crippen LogP contribution in [0.5, 0.6) is 5.75 Å². The van der Waals surface area contributed by atoms with Crippen molar-refractivity contribution in [1.82, 2.24) is 0 Å². The summed E-state index contributed by atoms with van der Waals surface area (Å²) in [7, 11) is -3.00. The minimum absolute atomic E-state index is 0.0660. The first-order chi connectivity index (χ1) is 10.9. The smallest absolute Gasteiger partial charge is 0.403 e. The molecule has 0 N–H and O–H groups in total. The van der Waals surface area contributed by atoms with E-state index in [2.05, 4.69) is 4.79 Å². The van der Waals surface area contributed by atoms with Gasteiger partial charge in [0.2, 0.25) is 0 Å². The van der Waals surface area contributed by atoms with Gasteiger partial charge >= 0.3 is 5.04 Å². The van der Waals surface area contributed by atoms with E-state index in [1.54, 1.807) is 6.07 Å². The van der Waals surface area contributed by atoms with E-state index in [0.717, 1.165) is 6.42 Å². The molecule has 0 aliphatic heterocycles. The van der Waals surface area contributed by atoms with Gasteiger partial charge < -0.3 is 14.8 Å². The number of hydrogen-bond acceptors (Lipinski definition) is 5. The summed E-state index contributed by atoms with van der Waals surface area (Å²) in [6, 6.07) is 5.83. The molecule has 0 heterocycles. The second-order valence-corrected chi connectivity index (χ2v) is 8.43. The molecule has 1 fully saturated rings. The topological polar surface area (TPSA) is 120 Å². The van der Waals surface area contributed by atoms with Gasteiger partial charge in [-0.2, -0.15) is 4.79 Å². The van der Waals surface area contributed by atoms with Crippen LogP contribution in [0.25, 0.3) is 5.53 Å². The van der Waals surface area contributed by atoms with Crippen molar-refractivity contribution in [3.8, 4) is 5.75 Å². The van der Waals surface area contributed by atoms with Crippen LogP contribution in [0.15, 0.2) is 29.2 Å². The first-order valence-corrected chi connectivity index (χ1v) is 9.66. The summed E-state index contributed by atoms with van der Waals surface area (Å²) in [6.45, 7) is 0. The maximum absolute atomic E-state index is 12.9. The van der Waals surface area contributed by atoms with Gasteiger partial charge in [0.05, 0.1) is 7.11 Å². The van der Waals surface area contributed by atoms with E-state index in [1.807, 2.05) is 0 Å². The van der Waals surface area contributed by atoms with Crippen LogP contribution in [0, 0.1) is 0 Å². The monoisotopic (exact) mass is 357 g/mol. The number of para-hydroxylation sites is 1. The fraction of sp³-hybridized carbons (Fsp3) is 0.500. The zero-order valence-corrected chi connectivity index (χ0v) is 14.2. The van der Waals surface area contributed by atoms with Crippen molar-refractivity contribution in [1.29, 1.82) is 0 Å². The Bertz CT molecular complexity index is 763. The third-order valence-corrected chi connectivity index (χ3v) is 7.34. The standard InChI is InChI=1S/C14H18N2O5S2/c1-21-11-7-3-4-8-12(11)23(19,20)13(16-15)14(22(17)18)9-5-2-6-10-14/h3-4,7-8H,2,5-6,9-10H2,1H3,(H,17,18)/p-1. The molecule has 1 aliphatic carbocycles. The molecule has 1 aromatic rings. The lowest BCUT2D eigenvalue weighted by Gasteiger charge is -2.34. The highest BCUT2D eigenvalue weighted by Crippen LogP contribution is 2.38. The van der Waals surface area contributed by atoms with Gasteiger partial charge in [-0.1, -0.05) is 31.4 Å². The molecule has 0 aromatic heterocycles. The maximum atomic E-state index is 12.9. The van der Waals surface area contributed by atoms with Crippen molar-refractivity contribution in [2.24, 2.45) is 0 Å². The van der Waals surface area contributed by atoms with Crippen LogP contribution in [-0.2, 0) is 20.9 Å². The number of rotatable bonds is 4. The van der Waals surface area contributed by atoms with Crippen molar-refractivity contribution in [2.75, 3.05) is 7.11 Å². The number of ether oxygens (including phenoxy) is 1. The first-order valence-electron chi connectivity index (χ1n) is 7.10. The largest absolute Gasteiger partial charge is 0.771 e. The van der Waals surface area contributed by atoms with Gasteiger partial charge in [0, 0.05) is 0 Å². The van der Waals surface area contributed by atoms with Crippen LogP contribution >= 0.6 is 0 Å². The Hall–Kier alpha value is -1.54. The van der Waals surface area contributed by atoms with Gasteiger partial charge in [-0.05, 0) is 36.1 Å². The number of hydrogen-bond donors (Lipinski definition) is 0. The van der Waals surface area contributed by atoms with Crippen molar-refractivity contribution in [3.05, 3.63) is 29.8 Å². The molecule has 1 aromatic carbocycles. The Balaban J connectivity index is 2.64. The van der Waals surface area contributed by atoms with Crippen LogP contribution < -0.4 is 4.74 Å². The third kappa shape index (κ3) is 3.10. The molecule has 0 spiro atoms. The second kappa shape index (κ2) is 6.92. The fourth-order valence-corrected chi connectivity index (χ4v) is 5.93. The van der Waals surface area contributed by atoms with Crippen molar-refractivity contribution >= 4 is 26.0 Å². The summed E-state index contributed by atoms with van der Waals surface area (Å²) >= 11 is -2.73. The molecule has 0 amide bonds. The van der Waals surface area contributed by atoms with Crippen LogP contribution in [0.2, 0.25) is 0 Å². The highest BCUT2D eigenvalue weighted by Gasteiger charge is 2.53. The zero-order valence-electron chi connectivity index (χ0n) is 12.6. The average molecular weight is 357 g/mol. The molecule has 23 heavy (non-hydrogen) atoms. The quantitative estimate of drug-likeness (QED) is 0.267. The molecule has 1 aliphatic rings. The van der Waals surface area contributed by atoms with Crippen LogP contribution in [0.3, 0.4) is 0 Å². The number of benzene rings is 1. The van der Waals surface area contributed by atoms with E-state index in [-0.39, 0.29) is 23.5 Å². The molecule has 7 nitrogen and oxygen atoms in total. The maximum Gasteiger partial charge on any atom is 0.403 e. The normalized spacial score (nSPS) is 18.7. The highest BCUT2D eigenvalue weighted by atomic mass is 32.2. The SMILES string of the molecule is COc1ccccc1S(=O)(=O)C(=[N+]=[N-])C1(S(=O)[O-])CCCCC1. The van der Waals surface area contributed by atoms with E-state index >= 15 is 0 Å². The Morgan fingerprint density at radius 1 is 1.30 bits per heavy atom.